The molecule has 2 rings (SSSR count). The molecule has 1 heterocycles. The van der Waals surface area contributed by atoms with E-state index in [-0.39, 0.29) is 11.2 Å². The van der Waals surface area contributed by atoms with E-state index in [1.165, 1.54) is 0 Å². The summed E-state index contributed by atoms with van der Waals surface area (Å²) >= 11 is 0. The molecular formula is C12H15F3N4. The Kier molecular flexibility index (Phi) is 3.55. The van der Waals surface area contributed by atoms with Crippen LogP contribution in [0.15, 0.2) is 12.1 Å². The monoisotopic (exact) mass is 272 g/mol. The van der Waals surface area contributed by atoms with E-state index in [1.54, 1.807) is 0 Å². The Morgan fingerprint density at radius 2 is 2.11 bits per heavy atom. The second-order valence-electron chi connectivity index (χ2n) is 4.33. The Bertz CT molecular complexity index is 574. The van der Waals surface area contributed by atoms with E-state index in [0.717, 1.165) is 25.0 Å². The SMILES string of the molecule is CCCCNc1cc(C(F)(F)F)cc2c(N)n[nH]c12. The van der Waals surface area contributed by atoms with Crippen LogP contribution in [0.4, 0.5) is 24.7 Å². The third-order valence-corrected chi connectivity index (χ3v) is 2.88. The molecule has 104 valence electrons. The minimum Gasteiger partial charge on any atom is -0.383 e. The molecule has 0 spiro atoms. The number of halogens is 3. The van der Waals surface area contributed by atoms with Crippen LogP contribution in [0.3, 0.4) is 0 Å². The molecule has 0 aliphatic heterocycles. The van der Waals surface area contributed by atoms with Crippen LogP contribution >= 0.6 is 0 Å². The number of nitrogen functional groups attached to an aromatic ring is 1. The smallest absolute Gasteiger partial charge is 0.383 e. The molecule has 0 fully saturated rings. The van der Waals surface area contributed by atoms with Crippen molar-refractivity contribution in [3.63, 3.8) is 0 Å². The lowest BCUT2D eigenvalue weighted by Gasteiger charge is -2.12. The maximum Gasteiger partial charge on any atom is 0.416 e. The fraction of sp³-hybridized carbons (Fsp3) is 0.417. The number of benzene rings is 1. The Labute approximate surface area is 108 Å². The Morgan fingerprint density at radius 3 is 2.74 bits per heavy atom. The number of nitrogens with one attached hydrogen (secondary N) is 2. The molecule has 0 saturated heterocycles. The third-order valence-electron chi connectivity index (χ3n) is 2.88. The standard InChI is InChI=1S/C12H15F3N4/c1-2-3-4-17-9-6-7(12(13,14)15)5-8-10(9)18-19-11(8)16/h5-6,17H,2-4H2,1H3,(H3,16,18,19). The number of H-pyrrole nitrogens is 1. The van der Waals surface area contributed by atoms with Crippen molar-refractivity contribution in [2.45, 2.75) is 25.9 Å². The van der Waals surface area contributed by atoms with E-state index in [0.29, 0.717) is 17.7 Å². The van der Waals surface area contributed by atoms with Crippen LogP contribution in [-0.2, 0) is 6.18 Å². The highest BCUT2D eigenvalue weighted by Gasteiger charge is 2.32. The molecule has 1 aromatic heterocycles. The molecule has 0 aliphatic carbocycles. The van der Waals surface area contributed by atoms with Crippen LogP contribution in [0, 0.1) is 0 Å². The predicted octanol–water partition coefficient (Wildman–Crippen LogP) is 3.38. The van der Waals surface area contributed by atoms with Crippen molar-refractivity contribution in [3.8, 4) is 0 Å². The summed E-state index contributed by atoms with van der Waals surface area (Å²) in [5, 5.41) is 9.68. The normalized spacial score (nSPS) is 12.0. The number of anilines is 2. The van der Waals surface area contributed by atoms with Crippen LogP contribution < -0.4 is 11.1 Å². The van der Waals surface area contributed by atoms with Gasteiger partial charge in [0, 0.05) is 11.9 Å². The topological polar surface area (TPSA) is 66.7 Å². The van der Waals surface area contributed by atoms with Crippen molar-refractivity contribution in [2.24, 2.45) is 0 Å². The molecular weight excluding hydrogens is 257 g/mol. The van der Waals surface area contributed by atoms with Crippen molar-refractivity contribution in [1.29, 1.82) is 0 Å². The average Bonchev–Trinajstić information content (AvgIpc) is 2.71. The second kappa shape index (κ2) is 4.99. The fourth-order valence-corrected chi connectivity index (χ4v) is 1.84. The molecule has 7 heteroatoms. The van der Waals surface area contributed by atoms with E-state index in [4.69, 9.17) is 5.73 Å². The van der Waals surface area contributed by atoms with Crippen molar-refractivity contribution in [3.05, 3.63) is 17.7 Å². The molecule has 0 aliphatic rings. The second-order valence-corrected chi connectivity index (χ2v) is 4.33. The summed E-state index contributed by atoms with van der Waals surface area (Å²) in [5.74, 6) is 0.0691. The van der Waals surface area contributed by atoms with Gasteiger partial charge in [-0.05, 0) is 18.6 Å². The fourth-order valence-electron chi connectivity index (χ4n) is 1.84. The van der Waals surface area contributed by atoms with Crippen molar-refractivity contribution in [2.75, 3.05) is 17.6 Å². The zero-order valence-corrected chi connectivity index (χ0v) is 10.4. The maximum atomic E-state index is 12.8. The van der Waals surface area contributed by atoms with E-state index < -0.39 is 11.7 Å². The summed E-state index contributed by atoms with van der Waals surface area (Å²) < 4.78 is 38.5. The maximum absolute atomic E-state index is 12.8. The number of aromatic nitrogens is 2. The van der Waals surface area contributed by atoms with Crippen LogP contribution in [0.5, 0.6) is 0 Å². The number of hydrogen-bond donors (Lipinski definition) is 3. The molecule has 0 unspecified atom stereocenters. The van der Waals surface area contributed by atoms with Crippen LogP contribution in [0.2, 0.25) is 0 Å². The summed E-state index contributed by atoms with van der Waals surface area (Å²) in [5.41, 5.74) is 5.72. The highest BCUT2D eigenvalue weighted by atomic mass is 19.4. The molecule has 2 aromatic rings. The Morgan fingerprint density at radius 1 is 1.37 bits per heavy atom. The lowest BCUT2D eigenvalue weighted by Crippen LogP contribution is -2.08. The molecule has 0 radical (unpaired) electrons. The zero-order valence-electron chi connectivity index (χ0n) is 10.4. The summed E-state index contributed by atoms with van der Waals surface area (Å²) in [6.07, 6.45) is -2.57. The van der Waals surface area contributed by atoms with Gasteiger partial charge in [0.05, 0.1) is 16.8 Å². The molecule has 0 amide bonds. The number of fused-ring (bicyclic) bond motifs is 1. The van der Waals surface area contributed by atoms with E-state index >= 15 is 0 Å². The minimum absolute atomic E-state index is 0.0691. The first-order valence-corrected chi connectivity index (χ1v) is 6.02. The summed E-state index contributed by atoms with van der Waals surface area (Å²) in [6, 6.07) is 2.09. The van der Waals surface area contributed by atoms with Gasteiger partial charge in [-0.25, -0.2) is 0 Å². The summed E-state index contributed by atoms with van der Waals surface area (Å²) in [7, 11) is 0. The van der Waals surface area contributed by atoms with Gasteiger partial charge in [-0.2, -0.15) is 18.3 Å². The number of aromatic amines is 1. The first-order valence-electron chi connectivity index (χ1n) is 6.02. The number of nitrogens with two attached hydrogens (primary N) is 1. The van der Waals surface area contributed by atoms with E-state index in [2.05, 4.69) is 15.5 Å². The van der Waals surface area contributed by atoms with Crippen LogP contribution in [0.25, 0.3) is 10.9 Å². The molecule has 0 atom stereocenters. The number of unbranched alkanes of at least 4 members (excludes halogenated alkanes) is 1. The Hall–Kier alpha value is -1.92. The van der Waals surface area contributed by atoms with Gasteiger partial charge in [-0.3, -0.25) is 5.10 Å². The van der Waals surface area contributed by atoms with Crippen LogP contribution in [-0.4, -0.2) is 16.7 Å². The van der Waals surface area contributed by atoms with Gasteiger partial charge < -0.3 is 11.1 Å². The van der Waals surface area contributed by atoms with Gasteiger partial charge in [0.25, 0.3) is 0 Å². The lowest BCUT2D eigenvalue weighted by atomic mass is 10.1. The van der Waals surface area contributed by atoms with Gasteiger partial charge in [-0.1, -0.05) is 13.3 Å². The molecule has 0 saturated carbocycles. The third kappa shape index (κ3) is 2.74. The minimum atomic E-state index is -4.40. The van der Waals surface area contributed by atoms with Gasteiger partial charge >= 0.3 is 6.18 Å². The zero-order chi connectivity index (χ0) is 14.0. The highest BCUT2D eigenvalue weighted by molar-refractivity contribution is 5.97. The number of rotatable bonds is 4. The van der Waals surface area contributed by atoms with Crippen molar-refractivity contribution < 1.29 is 13.2 Å². The summed E-state index contributed by atoms with van der Waals surface area (Å²) in [6.45, 7) is 2.61. The van der Waals surface area contributed by atoms with Gasteiger partial charge in [-0.15, -0.1) is 0 Å². The molecule has 4 nitrogen and oxygen atoms in total. The first kappa shape index (κ1) is 13.5. The summed E-state index contributed by atoms with van der Waals surface area (Å²) in [4.78, 5) is 0. The van der Waals surface area contributed by atoms with Crippen molar-refractivity contribution in [1.82, 2.24) is 10.2 Å². The number of alkyl halides is 3. The largest absolute Gasteiger partial charge is 0.416 e. The lowest BCUT2D eigenvalue weighted by molar-refractivity contribution is -0.137. The first-order chi connectivity index (χ1) is 8.93. The van der Waals surface area contributed by atoms with Gasteiger partial charge in [0.15, 0.2) is 5.82 Å². The predicted molar refractivity (Wildman–Crippen MR) is 68.9 cm³/mol. The highest BCUT2D eigenvalue weighted by Crippen LogP contribution is 2.36. The number of hydrogen-bond acceptors (Lipinski definition) is 3. The molecule has 19 heavy (non-hydrogen) atoms. The number of nitrogens with zero attached hydrogens (tertiary/aromatic N) is 1. The molecule has 0 bridgehead atoms. The quantitative estimate of drug-likeness (QED) is 0.747. The van der Waals surface area contributed by atoms with Gasteiger partial charge in [0.1, 0.15) is 0 Å². The van der Waals surface area contributed by atoms with Crippen molar-refractivity contribution >= 4 is 22.4 Å². The average molecular weight is 272 g/mol. The van der Waals surface area contributed by atoms with Crippen LogP contribution in [0.1, 0.15) is 25.3 Å². The Balaban J connectivity index is 2.47. The molecule has 1 aromatic carbocycles. The van der Waals surface area contributed by atoms with E-state index in [1.807, 2.05) is 6.92 Å². The van der Waals surface area contributed by atoms with Gasteiger partial charge in [0.2, 0.25) is 0 Å². The molecule has 4 N–H and O–H groups in total. The van der Waals surface area contributed by atoms with E-state index in [9.17, 15) is 13.2 Å².